The van der Waals surface area contributed by atoms with Gasteiger partial charge in [0.25, 0.3) is 0 Å². The third kappa shape index (κ3) is 2.92. The van der Waals surface area contributed by atoms with Gasteiger partial charge in [0.15, 0.2) is 0 Å². The SMILES string of the molecule is CC[CH]C(=O)Oc1cc(C)c(C=O)cc1C. The number of carbonyl (C=O) groups excluding carboxylic acids is 2. The fraction of sp³-hybridized carbons (Fsp3) is 0.308. The Balaban J connectivity index is 2.93. The van der Waals surface area contributed by atoms with Gasteiger partial charge in [-0.2, -0.15) is 0 Å². The molecular weight excluding hydrogens is 204 g/mol. The van der Waals surface area contributed by atoms with Crippen LogP contribution in [0.15, 0.2) is 12.1 Å². The Kier molecular flexibility index (Phi) is 4.23. The van der Waals surface area contributed by atoms with Gasteiger partial charge in [-0.1, -0.05) is 6.92 Å². The third-order valence-electron chi connectivity index (χ3n) is 2.27. The first-order valence-electron chi connectivity index (χ1n) is 5.20. The van der Waals surface area contributed by atoms with Crippen molar-refractivity contribution in [3.63, 3.8) is 0 Å². The molecule has 0 bridgehead atoms. The maximum atomic E-state index is 11.3. The zero-order valence-electron chi connectivity index (χ0n) is 9.74. The topological polar surface area (TPSA) is 43.4 Å². The zero-order valence-corrected chi connectivity index (χ0v) is 9.74. The molecule has 1 rings (SSSR count). The monoisotopic (exact) mass is 219 g/mol. The van der Waals surface area contributed by atoms with Crippen molar-refractivity contribution in [2.24, 2.45) is 0 Å². The molecule has 3 nitrogen and oxygen atoms in total. The molecule has 0 saturated carbocycles. The van der Waals surface area contributed by atoms with Gasteiger partial charge in [-0.3, -0.25) is 9.59 Å². The fourth-order valence-electron chi connectivity index (χ4n) is 1.37. The number of aryl methyl sites for hydroxylation is 2. The second kappa shape index (κ2) is 5.45. The van der Waals surface area contributed by atoms with Crippen molar-refractivity contribution in [1.82, 2.24) is 0 Å². The van der Waals surface area contributed by atoms with E-state index in [4.69, 9.17) is 4.74 Å². The van der Waals surface area contributed by atoms with Crippen LogP contribution in [0.5, 0.6) is 5.75 Å². The Morgan fingerprint density at radius 1 is 1.31 bits per heavy atom. The molecule has 1 aromatic rings. The minimum Gasteiger partial charge on any atom is -0.426 e. The quantitative estimate of drug-likeness (QED) is 0.444. The smallest absolute Gasteiger partial charge is 0.315 e. The van der Waals surface area contributed by atoms with Crippen molar-refractivity contribution in [2.45, 2.75) is 27.2 Å². The average molecular weight is 219 g/mol. The number of hydrogen-bond donors (Lipinski definition) is 0. The summed E-state index contributed by atoms with van der Waals surface area (Å²) in [6, 6.07) is 3.43. The minimum atomic E-state index is -0.358. The van der Waals surface area contributed by atoms with E-state index in [9.17, 15) is 9.59 Å². The van der Waals surface area contributed by atoms with Crippen LogP contribution >= 0.6 is 0 Å². The van der Waals surface area contributed by atoms with Crippen LogP contribution in [0.4, 0.5) is 0 Å². The van der Waals surface area contributed by atoms with Crippen molar-refractivity contribution in [1.29, 1.82) is 0 Å². The van der Waals surface area contributed by atoms with Crippen LogP contribution in [0.3, 0.4) is 0 Å². The lowest BCUT2D eigenvalue weighted by molar-refractivity contribution is -0.130. The van der Waals surface area contributed by atoms with E-state index in [1.165, 1.54) is 6.42 Å². The molecule has 1 aromatic carbocycles. The second-order valence-electron chi connectivity index (χ2n) is 3.63. The summed E-state index contributed by atoms with van der Waals surface area (Å²) in [6.45, 7) is 5.49. The van der Waals surface area contributed by atoms with Gasteiger partial charge in [0.05, 0.1) is 6.42 Å². The number of ether oxygens (including phenoxy) is 1. The standard InChI is InChI=1S/C13H15O3/c1-4-5-13(15)16-12-7-9(2)11(8-14)6-10(12)3/h5-8H,4H2,1-3H3. The molecule has 0 aromatic heterocycles. The van der Waals surface area contributed by atoms with Crippen LogP contribution in [0.2, 0.25) is 0 Å². The molecule has 0 aliphatic rings. The van der Waals surface area contributed by atoms with E-state index in [1.54, 1.807) is 19.1 Å². The zero-order chi connectivity index (χ0) is 12.1. The summed E-state index contributed by atoms with van der Waals surface area (Å²) in [6.07, 6.45) is 2.91. The van der Waals surface area contributed by atoms with Gasteiger partial charge in [-0.15, -0.1) is 0 Å². The molecule has 0 aliphatic carbocycles. The number of hydrogen-bond acceptors (Lipinski definition) is 3. The van der Waals surface area contributed by atoms with Crippen molar-refractivity contribution in [2.75, 3.05) is 0 Å². The van der Waals surface area contributed by atoms with Crippen LogP contribution in [-0.2, 0) is 4.79 Å². The second-order valence-corrected chi connectivity index (χ2v) is 3.63. The lowest BCUT2D eigenvalue weighted by atomic mass is 10.1. The van der Waals surface area contributed by atoms with E-state index in [0.717, 1.165) is 17.4 Å². The highest BCUT2D eigenvalue weighted by atomic mass is 16.5. The van der Waals surface area contributed by atoms with E-state index in [-0.39, 0.29) is 5.97 Å². The number of aldehydes is 1. The normalized spacial score (nSPS) is 9.94. The lowest BCUT2D eigenvalue weighted by Crippen LogP contribution is -2.09. The van der Waals surface area contributed by atoms with Crippen molar-refractivity contribution >= 4 is 12.3 Å². The molecular formula is C13H15O3. The van der Waals surface area contributed by atoms with E-state index < -0.39 is 0 Å². The first-order chi connectivity index (χ1) is 7.58. The van der Waals surface area contributed by atoms with E-state index in [0.29, 0.717) is 17.7 Å². The number of esters is 1. The van der Waals surface area contributed by atoms with Gasteiger partial charge in [0.2, 0.25) is 0 Å². The lowest BCUT2D eigenvalue weighted by Gasteiger charge is -2.09. The Hall–Kier alpha value is -1.64. The van der Waals surface area contributed by atoms with Crippen molar-refractivity contribution in [3.8, 4) is 5.75 Å². The summed E-state index contributed by atoms with van der Waals surface area (Å²) >= 11 is 0. The number of benzene rings is 1. The summed E-state index contributed by atoms with van der Waals surface area (Å²) in [5.41, 5.74) is 2.21. The van der Waals surface area contributed by atoms with Gasteiger partial charge < -0.3 is 4.74 Å². The Morgan fingerprint density at radius 3 is 2.56 bits per heavy atom. The van der Waals surface area contributed by atoms with Gasteiger partial charge in [0, 0.05) is 5.56 Å². The largest absolute Gasteiger partial charge is 0.426 e. The summed E-state index contributed by atoms with van der Waals surface area (Å²) in [5, 5.41) is 0. The Bertz CT molecular complexity index is 408. The number of rotatable bonds is 4. The first-order valence-corrected chi connectivity index (χ1v) is 5.20. The summed E-state index contributed by atoms with van der Waals surface area (Å²) in [5.74, 6) is 0.154. The molecule has 0 atom stereocenters. The van der Waals surface area contributed by atoms with Gasteiger partial charge in [-0.25, -0.2) is 0 Å². The molecule has 0 unspecified atom stereocenters. The molecule has 0 saturated heterocycles. The Morgan fingerprint density at radius 2 is 2.00 bits per heavy atom. The van der Waals surface area contributed by atoms with E-state index in [1.807, 2.05) is 13.8 Å². The molecule has 0 spiro atoms. The maximum absolute atomic E-state index is 11.3. The number of carbonyl (C=O) groups is 2. The molecule has 0 amide bonds. The van der Waals surface area contributed by atoms with Crippen LogP contribution in [0.25, 0.3) is 0 Å². The molecule has 0 aliphatic heterocycles. The van der Waals surface area contributed by atoms with Crippen molar-refractivity contribution in [3.05, 3.63) is 35.2 Å². The molecule has 1 radical (unpaired) electrons. The van der Waals surface area contributed by atoms with E-state index in [2.05, 4.69) is 0 Å². The minimum absolute atomic E-state index is 0.358. The van der Waals surface area contributed by atoms with Crippen molar-refractivity contribution < 1.29 is 14.3 Å². The highest BCUT2D eigenvalue weighted by Crippen LogP contribution is 2.22. The third-order valence-corrected chi connectivity index (χ3v) is 2.27. The molecule has 16 heavy (non-hydrogen) atoms. The average Bonchev–Trinajstić information content (AvgIpc) is 2.23. The summed E-state index contributed by atoms with van der Waals surface area (Å²) in [4.78, 5) is 22.0. The Labute approximate surface area is 95.4 Å². The highest BCUT2D eigenvalue weighted by Gasteiger charge is 2.09. The first kappa shape index (κ1) is 12.4. The summed E-state index contributed by atoms with van der Waals surface area (Å²) < 4.78 is 5.16. The predicted molar refractivity (Wildman–Crippen MR) is 61.5 cm³/mol. The molecule has 3 heteroatoms. The van der Waals surface area contributed by atoms with E-state index >= 15 is 0 Å². The van der Waals surface area contributed by atoms with Gasteiger partial charge >= 0.3 is 5.97 Å². The van der Waals surface area contributed by atoms with Gasteiger partial charge in [-0.05, 0) is 43.5 Å². The maximum Gasteiger partial charge on any atom is 0.315 e. The predicted octanol–water partition coefficient (Wildman–Crippen LogP) is 2.64. The molecule has 0 fully saturated rings. The highest BCUT2D eigenvalue weighted by molar-refractivity contribution is 5.82. The van der Waals surface area contributed by atoms with Crippen LogP contribution < -0.4 is 4.74 Å². The molecule has 0 N–H and O–H groups in total. The fourth-order valence-corrected chi connectivity index (χ4v) is 1.37. The molecule has 85 valence electrons. The van der Waals surface area contributed by atoms with Crippen LogP contribution in [0.1, 0.15) is 34.8 Å². The molecule has 0 heterocycles. The van der Waals surface area contributed by atoms with Crippen LogP contribution in [-0.4, -0.2) is 12.3 Å². The summed E-state index contributed by atoms with van der Waals surface area (Å²) in [7, 11) is 0. The van der Waals surface area contributed by atoms with Crippen LogP contribution in [0, 0.1) is 20.3 Å². The van der Waals surface area contributed by atoms with Gasteiger partial charge in [0.1, 0.15) is 12.0 Å².